The van der Waals surface area contributed by atoms with Gasteiger partial charge in [-0.2, -0.15) is 0 Å². The molecule has 8 nitrogen and oxygen atoms in total. The molecule has 152 valence electrons. The molecule has 0 aromatic heterocycles. The van der Waals surface area contributed by atoms with E-state index in [4.69, 9.17) is 14.2 Å². The van der Waals surface area contributed by atoms with Crippen molar-refractivity contribution in [2.75, 3.05) is 34.4 Å². The van der Waals surface area contributed by atoms with Crippen LogP contribution in [0.15, 0.2) is 18.2 Å². The summed E-state index contributed by atoms with van der Waals surface area (Å²) < 4.78 is 17.3. The van der Waals surface area contributed by atoms with Crippen molar-refractivity contribution in [3.05, 3.63) is 23.8 Å². The summed E-state index contributed by atoms with van der Waals surface area (Å²) in [6.07, 6.45) is 0.891. The highest BCUT2D eigenvalue weighted by molar-refractivity contribution is 5.97. The van der Waals surface area contributed by atoms with Gasteiger partial charge in [-0.05, 0) is 52.1 Å². The number of phenols is 2. The van der Waals surface area contributed by atoms with Crippen LogP contribution in [0.25, 0.3) is 0 Å². The number of phenolic OH excluding ortho intramolecular Hbond substituents is 2. The molecule has 1 heterocycles. The zero-order chi connectivity index (χ0) is 20.0. The molecule has 8 heteroatoms. The minimum atomic E-state index is -0.445. The maximum Gasteiger partial charge on any atom is 0.255 e. The lowest BCUT2D eigenvalue weighted by Crippen LogP contribution is -2.55. The number of nitrogens with one attached hydrogen (secondary N) is 1. The molecule has 0 saturated carbocycles. The first kappa shape index (κ1) is 21.4. The van der Waals surface area contributed by atoms with E-state index < -0.39 is 12.2 Å². The quantitative estimate of drug-likeness (QED) is 0.460. The van der Waals surface area contributed by atoms with Gasteiger partial charge < -0.3 is 34.6 Å². The average Bonchev–Trinajstić information content (AvgIpc) is 2.63. The Hall–Kier alpha value is -1.87. The van der Waals surface area contributed by atoms with E-state index in [9.17, 15) is 15.0 Å². The number of carbonyl (C=O) groups excluding carboxylic acids is 1. The average molecular weight is 382 g/mol. The molecule has 0 aliphatic carbocycles. The number of amides is 1. The van der Waals surface area contributed by atoms with Crippen LogP contribution in [-0.4, -0.2) is 79.9 Å². The van der Waals surface area contributed by atoms with Crippen molar-refractivity contribution in [1.29, 1.82) is 0 Å². The van der Waals surface area contributed by atoms with Crippen LogP contribution in [-0.2, 0) is 14.2 Å². The zero-order valence-electron chi connectivity index (χ0n) is 16.3. The van der Waals surface area contributed by atoms with Crippen molar-refractivity contribution in [2.45, 2.75) is 44.3 Å². The number of carbonyl (C=O) groups is 1. The maximum atomic E-state index is 12.1. The van der Waals surface area contributed by atoms with Crippen LogP contribution in [0.4, 0.5) is 0 Å². The first-order valence-corrected chi connectivity index (χ1v) is 9.10. The number of likely N-dealkylation sites (N-methyl/N-ethyl adjacent to an activating group) is 1. The van der Waals surface area contributed by atoms with Crippen LogP contribution in [0, 0.1) is 0 Å². The molecular weight excluding hydrogens is 352 g/mol. The molecule has 1 fully saturated rings. The molecule has 0 bridgehead atoms. The van der Waals surface area contributed by atoms with E-state index in [1.165, 1.54) is 18.2 Å². The summed E-state index contributed by atoms with van der Waals surface area (Å²) in [6, 6.07) is 4.01. The van der Waals surface area contributed by atoms with Crippen molar-refractivity contribution in [3.63, 3.8) is 0 Å². The summed E-state index contributed by atoms with van der Waals surface area (Å²) in [5, 5.41) is 21.9. The third kappa shape index (κ3) is 5.80. The largest absolute Gasteiger partial charge is 0.508 e. The summed E-state index contributed by atoms with van der Waals surface area (Å²) >= 11 is 0. The summed E-state index contributed by atoms with van der Waals surface area (Å²) in [7, 11) is 5.62. The zero-order valence-corrected chi connectivity index (χ0v) is 16.3. The summed E-state index contributed by atoms with van der Waals surface area (Å²) in [5.41, 5.74) is 0.0395. The van der Waals surface area contributed by atoms with Gasteiger partial charge in [-0.1, -0.05) is 0 Å². The third-order valence-electron chi connectivity index (χ3n) is 4.62. The third-order valence-corrected chi connectivity index (χ3v) is 4.62. The van der Waals surface area contributed by atoms with Gasteiger partial charge in [0.15, 0.2) is 6.29 Å². The van der Waals surface area contributed by atoms with E-state index in [1.807, 2.05) is 21.0 Å². The number of methoxy groups -OCH3 is 1. The molecule has 1 saturated heterocycles. The summed E-state index contributed by atoms with van der Waals surface area (Å²) in [5.74, 6) is -0.695. The Labute approximate surface area is 160 Å². The molecule has 1 amide bonds. The Bertz CT molecular complexity index is 624. The molecule has 1 aliphatic rings. The SMILES string of the molecule is CO[C@@H]1O[C@H](C)C[C@H](N(C)C)[C@H]1OCCCNC(=O)c1cc(O)ccc1O. The highest BCUT2D eigenvalue weighted by atomic mass is 16.7. The highest BCUT2D eigenvalue weighted by Crippen LogP contribution is 2.26. The van der Waals surface area contributed by atoms with Crippen molar-refractivity contribution in [2.24, 2.45) is 0 Å². The molecule has 4 atom stereocenters. The molecule has 1 aromatic rings. The second-order valence-electron chi connectivity index (χ2n) is 6.96. The number of ether oxygens (including phenoxy) is 3. The molecule has 27 heavy (non-hydrogen) atoms. The van der Waals surface area contributed by atoms with Crippen molar-refractivity contribution in [1.82, 2.24) is 10.2 Å². The second kappa shape index (κ2) is 9.89. The predicted molar refractivity (Wildman–Crippen MR) is 99.9 cm³/mol. The number of hydrogen-bond acceptors (Lipinski definition) is 7. The van der Waals surface area contributed by atoms with E-state index in [0.29, 0.717) is 19.6 Å². The molecule has 3 N–H and O–H groups in total. The van der Waals surface area contributed by atoms with E-state index in [-0.39, 0.29) is 35.3 Å². The summed E-state index contributed by atoms with van der Waals surface area (Å²) in [4.78, 5) is 14.2. The molecule has 1 aromatic carbocycles. The van der Waals surface area contributed by atoms with Crippen molar-refractivity contribution < 1.29 is 29.2 Å². The fraction of sp³-hybridized carbons (Fsp3) is 0.632. The minimum Gasteiger partial charge on any atom is -0.508 e. The molecule has 2 rings (SSSR count). The normalized spacial score (nSPS) is 25.5. The maximum absolute atomic E-state index is 12.1. The van der Waals surface area contributed by atoms with Crippen LogP contribution < -0.4 is 5.32 Å². The molecule has 0 radical (unpaired) electrons. The number of benzene rings is 1. The van der Waals surface area contributed by atoms with Crippen LogP contribution in [0.2, 0.25) is 0 Å². The first-order valence-electron chi connectivity index (χ1n) is 9.10. The first-order chi connectivity index (χ1) is 12.8. The van der Waals surface area contributed by atoms with Gasteiger partial charge in [-0.15, -0.1) is 0 Å². The van der Waals surface area contributed by atoms with E-state index >= 15 is 0 Å². The van der Waals surface area contributed by atoms with E-state index in [1.54, 1.807) is 7.11 Å². The lowest BCUT2D eigenvalue weighted by Gasteiger charge is -2.42. The van der Waals surface area contributed by atoms with Gasteiger partial charge in [0.1, 0.15) is 17.6 Å². The Kier molecular flexibility index (Phi) is 7.85. The monoisotopic (exact) mass is 382 g/mol. The van der Waals surface area contributed by atoms with Gasteiger partial charge in [0.2, 0.25) is 0 Å². The Balaban J connectivity index is 1.81. The molecular formula is C19H30N2O6. The lowest BCUT2D eigenvalue weighted by atomic mass is 9.99. The number of nitrogens with zero attached hydrogens (tertiary/aromatic N) is 1. The van der Waals surface area contributed by atoms with Gasteiger partial charge >= 0.3 is 0 Å². The van der Waals surface area contributed by atoms with E-state index in [0.717, 1.165) is 6.42 Å². The van der Waals surface area contributed by atoms with Gasteiger partial charge in [0.05, 0.1) is 11.7 Å². The van der Waals surface area contributed by atoms with Crippen LogP contribution in [0.1, 0.15) is 30.1 Å². The molecule has 0 spiro atoms. The standard InChI is InChI=1S/C19H30N2O6/c1-12-10-15(21(2)3)17(19(25-4)27-12)26-9-5-8-20-18(24)14-11-13(22)6-7-16(14)23/h6-7,11-12,15,17,19,22-23H,5,8-10H2,1-4H3,(H,20,24)/t12-,15+,17-,19-/m1/s1. The van der Waals surface area contributed by atoms with Crippen LogP contribution in [0.3, 0.4) is 0 Å². The second-order valence-corrected chi connectivity index (χ2v) is 6.96. The van der Waals surface area contributed by atoms with Gasteiger partial charge in [0.25, 0.3) is 5.91 Å². The summed E-state index contributed by atoms with van der Waals surface area (Å²) in [6.45, 7) is 2.83. The molecule has 1 aliphatic heterocycles. The van der Waals surface area contributed by atoms with E-state index in [2.05, 4.69) is 10.2 Å². The van der Waals surface area contributed by atoms with Crippen molar-refractivity contribution >= 4 is 5.91 Å². The fourth-order valence-electron chi connectivity index (χ4n) is 3.20. The van der Waals surface area contributed by atoms with Crippen LogP contribution >= 0.6 is 0 Å². The number of aromatic hydroxyl groups is 2. The van der Waals surface area contributed by atoms with Gasteiger partial charge in [0, 0.05) is 26.3 Å². The Morgan fingerprint density at radius 3 is 2.78 bits per heavy atom. The molecule has 0 unspecified atom stereocenters. The van der Waals surface area contributed by atoms with Crippen molar-refractivity contribution in [3.8, 4) is 11.5 Å². The number of rotatable bonds is 8. The fourth-order valence-corrected chi connectivity index (χ4v) is 3.20. The minimum absolute atomic E-state index is 0.0395. The lowest BCUT2D eigenvalue weighted by molar-refractivity contribution is -0.254. The van der Waals surface area contributed by atoms with Gasteiger partial charge in [-0.3, -0.25) is 4.79 Å². The topological polar surface area (TPSA) is 100 Å². The van der Waals surface area contributed by atoms with Gasteiger partial charge in [-0.25, -0.2) is 0 Å². The number of hydrogen-bond donors (Lipinski definition) is 3. The Morgan fingerprint density at radius 2 is 2.11 bits per heavy atom. The highest BCUT2D eigenvalue weighted by Gasteiger charge is 2.39. The smallest absolute Gasteiger partial charge is 0.255 e. The predicted octanol–water partition coefficient (Wildman–Crippen LogP) is 1.31. The Morgan fingerprint density at radius 1 is 1.37 bits per heavy atom. The van der Waals surface area contributed by atoms with Crippen LogP contribution in [0.5, 0.6) is 11.5 Å².